The van der Waals surface area contributed by atoms with Gasteiger partial charge in [-0.2, -0.15) is 0 Å². The summed E-state index contributed by atoms with van der Waals surface area (Å²) in [6.07, 6.45) is 1.67. The highest BCUT2D eigenvalue weighted by Crippen LogP contribution is 2.22. The Morgan fingerprint density at radius 1 is 1.09 bits per heavy atom. The number of nitrogens with one attached hydrogen (secondary N) is 3. The Balaban J connectivity index is 1.57. The zero-order chi connectivity index (χ0) is 24.5. The molecule has 0 radical (unpaired) electrons. The largest absolute Gasteiger partial charge is 0.444 e. The molecule has 0 saturated carbocycles. The van der Waals surface area contributed by atoms with Gasteiger partial charge in [0.25, 0.3) is 0 Å². The van der Waals surface area contributed by atoms with Gasteiger partial charge in [0.2, 0.25) is 5.91 Å². The molecule has 2 aromatic heterocycles. The minimum atomic E-state index is -0.826. The highest BCUT2D eigenvalue weighted by molar-refractivity contribution is 5.89. The average molecular weight is 462 g/mol. The molecular formula is C26H31N5O3. The second-order valence-electron chi connectivity index (χ2n) is 9.55. The SMILES string of the molecule is C[C@@H](NC(=O)[C@@H](Cc1cn(C)c2ccccc12)NC(=O)OC(C)(C)C)c1nc2ccccc2[nH]1. The zero-order valence-corrected chi connectivity index (χ0v) is 20.2. The number of H-pyrrole nitrogens is 1. The van der Waals surface area contributed by atoms with Gasteiger partial charge in [0.15, 0.2) is 0 Å². The first-order valence-electron chi connectivity index (χ1n) is 11.4. The van der Waals surface area contributed by atoms with E-state index in [1.807, 2.05) is 73.3 Å². The normalized spacial score (nSPS) is 13.6. The molecule has 0 saturated heterocycles. The maximum Gasteiger partial charge on any atom is 0.408 e. The quantitative estimate of drug-likeness (QED) is 0.397. The Hall–Kier alpha value is -3.81. The van der Waals surface area contributed by atoms with Crippen molar-refractivity contribution in [3.8, 4) is 0 Å². The van der Waals surface area contributed by atoms with Gasteiger partial charge in [-0.1, -0.05) is 30.3 Å². The van der Waals surface area contributed by atoms with Crippen molar-refractivity contribution in [1.82, 2.24) is 25.2 Å². The van der Waals surface area contributed by atoms with Gasteiger partial charge >= 0.3 is 6.09 Å². The lowest BCUT2D eigenvalue weighted by atomic mass is 10.0. The highest BCUT2D eigenvalue weighted by atomic mass is 16.6. The van der Waals surface area contributed by atoms with Crippen LogP contribution in [0.2, 0.25) is 0 Å². The Bertz CT molecular complexity index is 1300. The summed E-state index contributed by atoms with van der Waals surface area (Å²) in [4.78, 5) is 33.8. The molecule has 2 heterocycles. The van der Waals surface area contributed by atoms with Gasteiger partial charge in [-0.3, -0.25) is 4.79 Å². The van der Waals surface area contributed by atoms with Crippen molar-refractivity contribution in [3.63, 3.8) is 0 Å². The molecule has 3 N–H and O–H groups in total. The molecule has 8 heteroatoms. The number of para-hydroxylation sites is 3. The van der Waals surface area contributed by atoms with Crippen LogP contribution in [-0.4, -0.2) is 38.2 Å². The fraction of sp³-hybridized carbons (Fsp3) is 0.346. The second-order valence-corrected chi connectivity index (χ2v) is 9.55. The van der Waals surface area contributed by atoms with Gasteiger partial charge in [-0.25, -0.2) is 9.78 Å². The first kappa shape index (κ1) is 23.4. The number of alkyl carbamates (subject to hydrolysis) is 1. The molecule has 4 rings (SSSR count). The molecule has 4 aromatic rings. The summed E-state index contributed by atoms with van der Waals surface area (Å²) in [6, 6.07) is 14.5. The van der Waals surface area contributed by atoms with Crippen molar-refractivity contribution in [3.05, 3.63) is 66.1 Å². The van der Waals surface area contributed by atoms with Crippen LogP contribution >= 0.6 is 0 Å². The Labute approximate surface area is 198 Å². The monoisotopic (exact) mass is 461 g/mol. The molecule has 2 amide bonds. The van der Waals surface area contributed by atoms with E-state index in [-0.39, 0.29) is 11.9 Å². The predicted octanol–water partition coefficient (Wildman–Crippen LogP) is 4.37. The van der Waals surface area contributed by atoms with Crippen molar-refractivity contribution in [2.75, 3.05) is 0 Å². The molecule has 2 atom stereocenters. The van der Waals surface area contributed by atoms with E-state index in [0.29, 0.717) is 12.2 Å². The van der Waals surface area contributed by atoms with E-state index in [1.54, 1.807) is 20.8 Å². The minimum absolute atomic E-state index is 0.313. The molecule has 0 bridgehead atoms. The number of aromatic amines is 1. The number of benzene rings is 2. The van der Waals surface area contributed by atoms with Crippen LogP contribution < -0.4 is 10.6 Å². The van der Waals surface area contributed by atoms with Crippen LogP contribution in [0, 0.1) is 0 Å². The van der Waals surface area contributed by atoms with E-state index >= 15 is 0 Å². The number of aryl methyl sites for hydroxylation is 1. The van der Waals surface area contributed by atoms with Crippen LogP contribution in [0.4, 0.5) is 4.79 Å². The maximum absolute atomic E-state index is 13.4. The van der Waals surface area contributed by atoms with Crippen LogP contribution in [0.3, 0.4) is 0 Å². The van der Waals surface area contributed by atoms with E-state index in [9.17, 15) is 9.59 Å². The number of hydrogen-bond donors (Lipinski definition) is 3. The number of ether oxygens (including phenoxy) is 1. The summed E-state index contributed by atoms with van der Waals surface area (Å²) in [5.74, 6) is 0.336. The first-order chi connectivity index (χ1) is 16.1. The number of imidazole rings is 1. The van der Waals surface area contributed by atoms with E-state index in [4.69, 9.17) is 4.74 Å². The van der Waals surface area contributed by atoms with E-state index in [0.717, 1.165) is 27.5 Å². The average Bonchev–Trinajstić information content (AvgIpc) is 3.34. The number of rotatable bonds is 6. The molecule has 0 fully saturated rings. The van der Waals surface area contributed by atoms with Crippen molar-refractivity contribution in [1.29, 1.82) is 0 Å². The van der Waals surface area contributed by atoms with Gasteiger partial charge in [-0.15, -0.1) is 0 Å². The molecule has 0 aliphatic rings. The summed E-state index contributed by atoms with van der Waals surface area (Å²) in [6.45, 7) is 7.22. The Morgan fingerprint density at radius 2 is 1.79 bits per heavy atom. The van der Waals surface area contributed by atoms with Crippen LogP contribution in [-0.2, 0) is 23.0 Å². The molecule has 34 heavy (non-hydrogen) atoms. The number of nitrogens with zero attached hydrogens (tertiary/aromatic N) is 2. The van der Waals surface area contributed by atoms with E-state index < -0.39 is 17.7 Å². The number of amides is 2. The van der Waals surface area contributed by atoms with Crippen LogP contribution in [0.5, 0.6) is 0 Å². The molecule has 178 valence electrons. The lowest BCUT2D eigenvalue weighted by molar-refractivity contribution is -0.123. The number of aromatic nitrogens is 3. The summed E-state index contributed by atoms with van der Waals surface area (Å²) in [5, 5.41) is 6.80. The molecule has 0 aliphatic carbocycles. The lowest BCUT2D eigenvalue weighted by Crippen LogP contribution is -2.49. The lowest BCUT2D eigenvalue weighted by Gasteiger charge is -2.24. The second kappa shape index (κ2) is 9.21. The van der Waals surface area contributed by atoms with Crippen molar-refractivity contribution in [2.45, 2.75) is 51.8 Å². The predicted molar refractivity (Wildman–Crippen MR) is 132 cm³/mol. The minimum Gasteiger partial charge on any atom is -0.444 e. The summed E-state index contributed by atoms with van der Waals surface area (Å²) in [7, 11) is 1.96. The summed E-state index contributed by atoms with van der Waals surface area (Å²) < 4.78 is 7.44. The number of hydrogen-bond acceptors (Lipinski definition) is 4. The number of carbonyl (C=O) groups is 2. The van der Waals surface area contributed by atoms with Gasteiger partial charge < -0.3 is 24.9 Å². The number of carbonyl (C=O) groups excluding carboxylic acids is 2. The van der Waals surface area contributed by atoms with Gasteiger partial charge in [0.1, 0.15) is 17.5 Å². The molecular weight excluding hydrogens is 430 g/mol. The smallest absolute Gasteiger partial charge is 0.408 e. The van der Waals surface area contributed by atoms with Crippen LogP contribution in [0.1, 0.15) is 45.1 Å². The van der Waals surface area contributed by atoms with Gasteiger partial charge in [0, 0.05) is 30.6 Å². The molecule has 0 unspecified atom stereocenters. The van der Waals surface area contributed by atoms with Gasteiger partial charge in [-0.05, 0) is 51.5 Å². The Kier molecular flexibility index (Phi) is 6.32. The Morgan fingerprint density at radius 3 is 2.53 bits per heavy atom. The first-order valence-corrected chi connectivity index (χ1v) is 11.4. The third kappa shape index (κ3) is 5.22. The fourth-order valence-electron chi connectivity index (χ4n) is 4.03. The van der Waals surface area contributed by atoms with E-state index in [1.165, 1.54) is 0 Å². The topological polar surface area (TPSA) is 101 Å². The van der Waals surface area contributed by atoms with Gasteiger partial charge in [0.05, 0.1) is 17.1 Å². The molecule has 0 spiro atoms. The summed E-state index contributed by atoms with van der Waals surface area (Å²) >= 11 is 0. The van der Waals surface area contributed by atoms with Crippen molar-refractivity contribution < 1.29 is 14.3 Å². The van der Waals surface area contributed by atoms with Crippen molar-refractivity contribution >= 4 is 33.9 Å². The highest BCUT2D eigenvalue weighted by Gasteiger charge is 2.27. The molecule has 8 nitrogen and oxygen atoms in total. The molecule has 2 aromatic carbocycles. The molecule has 0 aliphatic heterocycles. The van der Waals surface area contributed by atoms with Crippen LogP contribution in [0.25, 0.3) is 21.9 Å². The summed E-state index contributed by atoms with van der Waals surface area (Å²) in [5.41, 5.74) is 3.08. The zero-order valence-electron chi connectivity index (χ0n) is 20.2. The third-order valence-electron chi connectivity index (χ3n) is 5.59. The van der Waals surface area contributed by atoms with Crippen LogP contribution in [0.15, 0.2) is 54.7 Å². The standard InChI is InChI=1S/C26H31N5O3/c1-16(23-28-19-11-7-8-12-20(19)29-23)27-24(32)21(30-25(33)34-26(2,3)4)14-17-15-31(5)22-13-9-6-10-18(17)22/h6-13,15-16,21H,14H2,1-5H3,(H,27,32)(H,28,29)(H,30,33)/t16-,21-/m1/s1. The maximum atomic E-state index is 13.4. The fourth-order valence-corrected chi connectivity index (χ4v) is 4.03. The number of fused-ring (bicyclic) bond motifs is 2. The van der Waals surface area contributed by atoms with Crippen molar-refractivity contribution in [2.24, 2.45) is 7.05 Å². The van der Waals surface area contributed by atoms with E-state index in [2.05, 4.69) is 20.6 Å². The third-order valence-corrected chi connectivity index (χ3v) is 5.59.